The summed E-state index contributed by atoms with van der Waals surface area (Å²) in [6.45, 7) is 16.7. The summed E-state index contributed by atoms with van der Waals surface area (Å²) >= 11 is 2.03. The van der Waals surface area contributed by atoms with Gasteiger partial charge in [-0.1, -0.05) is 61.3 Å². The topological polar surface area (TPSA) is 23.8 Å². The third kappa shape index (κ3) is 11.5. The van der Waals surface area contributed by atoms with Gasteiger partial charge in [0.05, 0.1) is 0 Å². The second-order valence-electron chi connectivity index (χ2n) is 5.64. The third-order valence-corrected chi connectivity index (χ3v) is 3.62. The molecule has 1 aromatic rings. The summed E-state index contributed by atoms with van der Waals surface area (Å²) in [7, 11) is 1.86. The van der Waals surface area contributed by atoms with Crippen LogP contribution in [0.25, 0.3) is 5.73 Å². The first kappa shape index (κ1) is 28.9. The molecule has 0 aliphatic heterocycles. The SMILES string of the molecule is CC(C)C(C)(C)[NH-].Cc1c[c-](C)c(C)c1C.[Cl-].[Cl-].[SiH2]=[Ti+2]. The minimum absolute atomic E-state index is 0. The van der Waals surface area contributed by atoms with Crippen LogP contribution in [0.2, 0.25) is 0 Å². The Labute approximate surface area is 152 Å². The normalized spacial score (nSPS) is 9.40. The van der Waals surface area contributed by atoms with E-state index >= 15 is 0 Å². The molecule has 0 radical (unpaired) electrons. The first-order valence-corrected chi connectivity index (χ1v) is 10.4. The van der Waals surface area contributed by atoms with E-state index in [1.165, 1.54) is 22.3 Å². The molecule has 0 aromatic heterocycles. The molecular weight excluding hydrogens is 341 g/mol. The molecule has 0 amide bonds. The zero-order valence-corrected chi connectivity index (χ0v) is 18.6. The van der Waals surface area contributed by atoms with Crippen LogP contribution < -0.4 is 24.8 Å². The van der Waals surface area contributed by atoms with Gasteiger partial charge in [-0.25, -0.2) is 0 Å². The van der Waals surface area contributed by atoms with Gasteiger partial charge in [0.25, 0.3) is 0 Å². The molecule has 1 nitrogen and oxygen atoms in total. The van der Waals surface area contributed by atoms with E-state index in [9.17, 15) is 0 Å². The Hall–Kier alpha value is 0.821. The first-order chi connectivity index (χ1) is 8.07. The molecule has 118 valence electrons. The molecule has 1 N–H and O–H groups in total. The molecule has 0 atom stereocenters. The van der Waals surface area contributed by atoms with Gasteiger partial charge in [-0.15, -0.1) is 5.54 Å². The second kappa shape index (κ2) is 13.5. The quantitative estimate of drug-likeness (QED) is 0.412. The van der Waals surface area contributed by atoms with Crippen LogP contribution in [0.1, 0.15) is 49.9 Å². The zero-order valence-electron chi connectivity index (χ0n) is 14.1. The molecule has 0 unspecified atom stereocenters. The van der Waals surface area contributed by atoms with E-state index in [1.807, 2.05) is 40.7 Å². The molecule has 0 saturated carbocycles. The molecular formula is C15H29Cl2NSiTi-2. The molecule has 0 saturated heterocycles. The van der Waals surface area contributed by atoms with E-state index in [4.69, 9.17) is 5.73 Å². The summed E-state index contributed by atoms with van der Waals surface area (Å²) in [6, 6.07) is 2.24. The monoisotopic (exact) mass is 369 g/mol. The summed E-state index contributed by atoms with van der Waals surface area (Å²) in [6.07, 6.45) is 0. The Morgan fingerprint density at radius 2 is 1.45 bits per heavy atom. The van der Waals surface area contributed by atoms with Gasteiger partial charge in [0, 0.05) is 0 Å². The average Bonchev–Trinajstić information content (AvgIpc) is 2.48. The van der Waals surface area contributed by atoms with Gasteiger partial charge in [0.15, 0.2) is 0 Å². The van der Waals surface area contributed by atoms with Crippen LogP contribution in [0.15, 0.2) is 6.07 Å². The van der Waals surface area contributed by atoms with Crippen molar-refractivity contribution in [3.05, 3.63) is 34.1 Å². The standard InChI is InChI=1S/C9H13.C6H14N.2ClH.H2Si.Ti/c1-6-5-7(2)9(4)8(6)3;1-5(2)6(3,4)7;;;;/h5H,1-4H3;5,7H,1-4H3;2*1H;1H2;/q2*-1;;;;+2/p-2. The van der Waals surface area contributed by atoms with Crippen LogP contribution in [-0.2, 0) is 19.2 Å². The van der Waals surface area contributed by atoms with Crippen LogP contribution in [0.5, 0.6) is 0 Å². The molecule has 20 heavy (non-hydrogen) atoms. The predicted molar refractivity (Wildman–Crippen MR) is 82.8 cm³/mol. The molecule has 1 aromatic carbocycles. The number of aryl methyl sites for hydroxylation is 2. The van der Waals surface area contributed by atoms with Gasteiger partial charge in [0.2, 0.25) is 0 Å². The fourth-order valence-electron chi connectivity index (χ4n) is 1.13. The Balaban J connectivity index is -0.000000107. The van der Waals surface area contributed by atoms with Crippen molar-refractivity contribution >= 4 is 7.63 Å². The van der Waals surface area contributed by atoms with Gasteiger partial charge in [-0.05, 0) is 0 Å². The molecule has 1 rings (SSSR count). The van der Waals surface area contributed by atoms with Crippen LogP contribution in [0, 0.1) is 33.6 Å². The Kier molecular flexibility index (Phi) is 19.5. The van der Waals surface area contributed by atoms with Crippen molar-refractivity contribution in [3.63, 3.8) is 0 Å². The number of rotatable bonds is 1. The number of nitrogens with one attached hydrogen (secondary N) is 1. The van der Waals surface area contributed by atoms with Crippen molar-refractivity contribution in [3.8, 4) is 0 Å². The molecule has 0 spiro atoms. The van der Waals surface area contributed by atoms with Crippen molar-refractivity contribution in [1.82, 2.24) is 0 Å². The third-order valence-electron chi connectivity index (χ3n) is 3.62. The van der Waals surface area contributed by atoms with Gasteiger partial charge in [-0.2, -0.15) is 28.3 Å². The fourth-order valence-corrected chi connectivity index (χ4v) is 1.13. The number of halogens is 2. The van der Waals surface area contributed by atoms with Crippen LogP contribution in [0.3, 0.4) is 0 Å². The zero-order chi connectivity index (χ0) is 15.1. The molecule has 0 bridgehead atoms. The summed E-state index contributed by atoms with van der Waals surface area (Å²) in [5.74, 6) is 0.465. The van der Waals surface area contributed by atoms with Crippen molar-refractivity contribution in [2.45, 2.75) is 60.9 Å². The molecule has 0 aliphatic rings. The van der Waals surface area contributed by atoms with Crippen molar-refractivity contribution in [2.24, 2.45) is 5.92 Å². The van der Waals surface area contributed by atoms with Gasteiger partial charge in [-0.3, -0.25) is 0 Å². The summed E-state index contributed by atoms with van der Waals surface area (Å²) in [5.41, 5.74) is 12.9. The Morgan fingerprint density at radius 1 is 1.15 bits per heavy atom. The van der Waals surface area contributed by atoms with E-state index in [1.54, 1.807) is 0 Å². The van der Waals surface area contributed by atoms with Crippen molar-refractivity contribution in [2.75, 3.05) is 0 Å². The van der Waals surface area contributed by atoms with E-state index in [0.29, 0.717) is 5.92 Å². The molecule has 0 heterocycles. The van der Waals surface area contributed by atoms with Gasteiger partial charge < -0.3 is 30.5 Å². The average molecular weight is 370 g/mol. The fraction of sp³-hybridized carbons (Fsp3) is 0.667. The molecule has 0 fully saturated rings. The van der Waals surface area contributed by atoms with Crippen molar-refractivity contribution in [1.29, 1.82) is 0 Å². The van der Waals surface area contributed by atoms with Crippen LogP contribution in [0.4, 0.5) is 0 Å². The maximum absolute atomic E-state index is 7.39. The molecule has 0 aliphatic carbocycles. The van der Waals surface area contributed by atoms with Crippen LogP contribution >= 0.6 is 0 Å². The maximum atomic E-state index is 7.39. The summed E-state index contributed by atoms with van der Waals surface area (Å²) < 4.78 is 0. The number of hydrogen-bond donors (Lipinski definition) is 0. The van der Waals surface area contributed by atoms with E-state index in [2.05, 4.69) is 47.6 Å². The van der Waals surface area contributed by atoms with E-state index < -0.39 is 0 Å². The second-order valence-corrected chi connectivity index (χ2v) is 5.64. The van der Waals surface area contributed by atoms with E-state index in [0.717, 1.165) is 0 Å². The summed E-state index contributed by atoms with van der Waals surface area (Å²) in [5, 5.41) is 0. The van der Waals surface area contributed by atoms with Gasteiger partial charge in [0.1, 0.15) is 0 Å². The minimum atomic E-state index is -0.250. The predicted octanol–water partition coefficient (Wildman–Crippen LogP) is -1.80. The van der Waals surface area contributed by atoms with Crippen molar-refractivity contribution < 1.29 is 44.0 Å². The number of hydrogen-bond acceptors (Lipinski definition) is 0. The van der Waals surface area contributed by atoms with E-state index in [-0.39, 0.29) is 30.4 Å². The van der Waals surface area contributed by atoms with Gasteiger partial charge >= 0.3 is 26.8 Å². The molecule has 5 heteroatoms. The summed E-state index contributed by atoms with van der Waals surface area (Å²) in [4.78, 5) is 0. The Morgan fingerprint density at radius 3 is 1.50 bits per heavy atom. The van der Waals surface area contributed by atoms with Crippen LogP contribution in [-0.4, -0.2) is 13.2 Å². The first-order valence-electron chi connectivity index (χ1n) is 6.37. The Bertz CT molecular complexity index is 335.